The number of aromatic nitrogens is 2. The Morgan fingerprint density at radius 3 is 2.61 bits per heavy atom. The summed E-state index contributed by atoms with van der Waals surface area (Å²) in [4.78, 5) is 11.7. The molecule has 9 heteroatoms. The van der Waals surface area contributed by atoms with Gasteiger partial charge < -0.3 is 19.9 Å². The number of aliphatic hydroxyl groups is 1. The van der Waals surface area contributed by atoms with Crippen molar-refractivity contribution in [3.8, 4) is 0 Å². The number of anilines is 1. The smallest absolute Gasteiger partial charge is 0.416 e. The summed E-state index contributed by atoms with van der Waals surface area (Å²) in [5.74, 6) is 0.386. The number of fused-ring (bicyclic) bond motifs is 1. The van der Waals surface area contributed by atoms with Crippen LogP contribution in [-0.2, 0) is 12.7 Å². The van der Waals surface area contributed by atoms with E-state index in [1.54, 1.807) is 6.07 Å². The molecule has 1 saturated heterocycles. The number of H-pyrrole nitrogens is 1. The van der Waals surface area contributed by atoms with Gasteiger partial charge in [0.05, 0.1) is 28.7 Å². The van der Waals surface area contributed by atoms with Gasteiger partial charge in [-0.05, 0) is 55.2 Å². The third-order valence-corrected chi connectivity index (χ3v) is 6.23. The van der Waals surface area contributed by atoms with Gasteiger partial charge in [0.25, 0.3) is 0 Å². The molecule has 6 nitrogen and oxygen atoms in total. The SMILES string of the molecule is N=C1C(c2nc3ccc(N4CCCCC4)cc3[nH]2)=C(O)CN1Cc1cccc(C(F)(F)F)c1. The lowest BCUT2D eigenvalue weighted by atomic mass is 10.1. The highest BCUT2D eigenvalue weighted by Crippen LogP contribution is 2.32. The Balaban J connectivity index is 1.37. The minimum absolute atomic E-state index is 0.0257. The zero-order valence-electron chi connectivity index (χ0n) is 17.9. The van der Waals surface area contributed by atoms with Gasteiger partial charge >= 0.3 is 6.18 Å². The van der Waals surface area contributed by atoms with Crippen molar-refractivity contribution in [3.05, 3.63) is 65.2 Å². The summed E-state index contributed by atoms with van der Waals surface area (Å²) in [6.07, 6.45) is -0.835. The Labute approximate surface area is 188 Å². The summed E-state index contributed by atoms with van der Waals surface area (Å²) < 4.78 is 39.1. The van der Waals surface area contributed by atoms with E-state index < -0.39 is 11.7 Å². The average molecular weight is 455 g/mol. The number of hydrogen-bond donors (Lipinski definition) is 3. The van der Waals surface area contributed by atoms with Crippen LogP contribution in [0.25, 0.3) is 16.6 Å². The predicted molar refractivity (Wildman–Crippen MR) is 121 cm³/mol. The molecule has 2 aliphatic rings. The van der Waals surface area contributed by atoms with E-state index in [0.717, 1.165) is 41.9 Å². The Bertz CT molecular complexity index is 1240. The lowest BCUT2D eigenvalue weighted by Gasteiger charge is -2.28. The molecule has 33 heavy (non-hydrogen) atoms. The van der Waals surface area contributed by atoms with Crippen LogP contribution < -0.4 is 4.90 Å². The zero-order chi connectivity index (χ0) is 23.2. The van der Waals surface area contributed by atoms with Crippen molar-refractivity contribution in [3.63, 3.8) is 0 Å². The Morgan fingerprint density at radius 1 is 1.06 bits per heavy atom. The van der Waals surface area contributed by atoms with E-state index >= 15 is 0 Å². The first-order valence-corrected chi connectivity index (χ1v) is 11.0. The van der Waals surface area contributed by atoms with Gasteiger partial charge in [0.15, 0.2) is 0 Å². The third-order valence-electron chi connectivity index (χ3n) is 6.23. The van der Waals surface area contributed by atoms with Crippen molar-refractivity contribution in [2.75, 3.05) is 24.5 Å². The maximum absolute atomic E-state index is 13.0. The largest absolute Gasteiger partial charge is 0.510 e. The average Bonchev–Trinajstić information content (AvgIpc) is 3.33. The quantitative estimate of drug-likeness (QED) is 0.497. The van der Waals surface area contributed by atoms with Crippen LogP contribution in [0, 0.1) is 5.41 Å². The molecule has 3 heterocycles. The minimum Gasteiger partial charge on any atom is -0.510 e. The Kier molecular flexibility index (Phi) is 5.26. The van der Waals surface area contributed by atoms with Crippen LogP contribution in [-0.4, -0.2) is 45.4 Å². The van der Waals surface area contributed by atoms with Crippen LogP contribution in [0.4, 0.5) is 18.9 Å². The Hall–Kier alpha value is -3.49. The number of halogens is 3. The molecule has 3 aromatic rings. The van der Waals surface area contributed by atoms with Gasteiger partial charge in [-0.15, -0.1) is 0 Å². The van der Waals surface area contributed by atoms with E-state index in [2.05, 4.69) is 14.9 Å². The van der Waals surface area contributed by atoms with Gasteiger partial charge in [0.1, 0.15) is 17.4 Å². The van der Waals surface area contributed by atoms with Crippen molar-refractivity contribution in [1.29, 1.82) is 5.41 Å². The molecule has 5 rings (SSSR count). The van der Waals surface area contributed by atoms with E-state index in [1.807, 2.05) is 18.2 Å². The van der Waals surface area contributed by atoms with Crippen molar-refractivity contribution < 1.29 is 18.3 Å². The van der Waals surface area contributed by atoms with E-state index in [0.29, 0.717) is 11.4 Å². The number of nitrogens with one attached hydrogen (secondary N) is 2. The molecule has 1 fully saturated rings. The molecule has 0 bridgehead atoms. The fourth-order valence-electron chi connectivity index (χ4n) is 4.55. The van der Waals surface area contributed by atoms with Crippen molar-refractivity contribution in [2.24, 2.45) is 0 Å². The van der Waals surface area contributed by atoms with Gasteiger partial charge in [-0.3, -0.25) is 5.41 Å². The summed E-state index contributed by atoms with van der Waals surface area (Å²) in [6, 6.07) is 11.0. The molecule has 0 spiro atoms. The fourth-order valence-corrected chi connectivity index (χ4v) is 4.55. The second-order valence-corrected chi connectivity index (χ2v) is 8.56. The highest BCUT2D eigenvalue weighted by Gasteiger charge is 2.32. The number of benzene rings is 2. The maximum Gasteiger partial charge on any atom is 0.416 e. The van der Waals surface area contributed by atoms with Crippen molar-refractivity contribution in [2.45, 2.75) is 32.0 Å². The first kappa shape index (κ1) is 21.4. The number of amidine groups is 1. The number of alkyl halides is 3. The standard InChI is InChI=1S/C24H24F3N5O/c25-24(26,27)16-6-4-5-15(11-16)13-32-14-20(33)21(22(32)28)23-29-18-8-7-17(12-19(18)30-23)31-9-2-1-3-10-31/h4-8,11-12,28,33H,1-3,9-10,13-14H2,(H,29,30). The normalized spacial score (nSPS) is 17.5. The molecule has 0 atom stereocenters. The van der Waals surface area contributed by atoms with Crippen LogP contribution in [0.3, 0.4) is 0 Å². The lowest BCUT2D eigenvalue weighted by Crippen LogP contribution is -2.29. The second kappa shape index (κ2) is 8.13. The van der Waals surface area contributed by atoms with Crippen LogP contribution in [0.2, 0.25) is 0 Å². The molecule has 172 valence electrons. The molecule has 0 saturated carbocycles. The number of rotatable bonds is 4. The molecular weight excluding hydrogens is 431 g/mol. The minimum atomic E-state index is -4.43. The van der Waals surface area contributed by atoms with Crippen LogP contribution in [0.15, 0.2) is 48.2 Å². The summed E-state index contributed by atoms with van der Waals surface area (Å²) in [6.45, 7) is 2.16. The van der Waals surface area contributed by atoms with E-state index in [-0.39, 0.29) is 30.3 Å². The van der Waals surface area contributed by atoms with Gasteiger partial charge in [-0.1, -0.05) is 12.1 Å². The molecular formula is C24H24F3N5O. The fraction of sp³-hybridized carbons (Fsp3) is 0.333. The van der Waals surface area contributed by atoms with Crippen LogP contribution >= 0.6 is 0 Å². The first-order chi connectivity index (χ1) is 15.8. The number of aromatic amines is 1. The summed E-state index contributed by atoms with van der Waals surface area (Å²) in [7, 11) is 0. The highest BCUT2D eigenvalue weighted by atomic mass is 19.4. The summed E-state index contributed by atoms with van der Waals surface area (Å²) in [5.41, 5.74) is 2.62. The number of imidazole rings is 1. The molecule has 3 N–H and O–H groups in total. The van der Waals surface area contributed by atoms with Gasteiger partial charge in [0, 0.05) is 25.3 Å². The van der Waals surface area contributed by atoms with E-state index in [1.165, 1.54) is 30.2 Å². The van der Waals surface area contributed by atoms with Crippen LogP contribution in [0.5, 0.6) is 0 Å². The molecule has 0 aliphatic carbocycles. The predicted octanol–water partition coefficient (Wildman–Crippen LogP) is 5.33. The van der Waals surface area contributed by atoms with Crippen molar-refractivity contribution >= 4 is 28.1 Å². The van der Waals surface area contributed by atoms with Gasteiger partial charge in [-0.25, -0.2) is 4.98 Å². The number of hydrogen-bond acceptors (Lipinski definition) is 4. The van der Waals surface area contributed by atoms with Crippen LogP contribution in [0.1, 0.15) is 36.2 Å². The molecule has 0 amide bonds. The number of nitrogens with zero attached hydrogens (tertiary/aromatic N) is 3. The number of piperidine rings is 1. The first-order valence-electron chi connectivity index (χ1n) is 11.0. The Morgan fingerprint density at radius 2 is 1.85 bits per heavy atom. The number of aliphatic hydroxyl groups excluding tert-OH is 1. The molecule has 0 unspecified atom stereocenters. The maximum atomic E-state index is 13.0. The molecule has 2 aliphatic heterocycles. The highest BCUT2D eigenvalue weighted by molar-refractivity contribution is 6.23. The summed E-state index contributed by atoms with van der Waals surface area (Å²) >= 11 is 0. The topological polar surface area (TPSA) is 79.2 Å². The summed E-state index contributed by atoms with van der Waals surface area (Å²) in [5, 5.41) is 19.1. The lowest BCUT2D eigenvalue weighted by molar-refractivity contribution is -0.137. The monoisotopic (exact) mass is 455 g/mol. The second-order valence-electron chi connectivity index (χ2n) is 8.56. The van der Waals surface area contributed by atoms with E-state index in [9.17, 15) is 18.3 Å². The van der Waals surface area contributed by atoms with E-state index in [4.69, 9.17) is 5.41 Å². The molecule has 2 aromatic carbocycles. The van der Waals surface area contributed by atoms with Gasteiger partial charge in [0.2, 0.25) is 0 Å². The van der Waals surface area contributed by atoms with Crippen molar-refractivity contribution in [1.82, 2.24) is 14.9 Å². The zero-order valence-corrected chi connectivity index (χ0v) is 17.9. The molecule has 1 aromatic heterocycles. The van der Waals surface area contributed by atoms with Gasteiger partial charge in [-0.2, -0.15) is 13.2 Å². The molecule has 0 radical (unpaired) electrons. The third kappa shape index (κ3) is 4.15.